The highest BCUT2D eigenvalue weighted by atomic mass is 32.1. The van der Waals surface area contributed by atoms with Crippen LogP contribution in [0.25, 0.3) is 20.2 Å². The molecule has 0 unspecified atom stereocenters. The van der Waals surface area contributed by atoms with Crippen molar-refractivity contribution in [3.63, 3.8) is 0 Å². The Kier molecular flexibility index (Phi) is 3.55. The van der Waals surface area contributed by atoms with Crippen molar-refractivity contribution in [2.24, 2.45) is 0 Å². The van der Waals surface area contributed by atoms with Crippen LogP contribution in [-0.2, 0) is 0 Å². The Hall–Kier alpha value is -2.32. The summed E-state index contributed by atoms with van der Waals surface area (Å²) >= 11 is 1.86. The van der Waals surface area contributed by atoms with Crippen LogP contribution in [0.1, 0.15) is 25.3 Å². The van der Waals surface area contributed by atoms with Crippen LogP contribution in [0, 0.1) is 0 Å². The highest BCUT2D eigenvalue weighted by Crippen LogP contribution is 2.39. The Morgan fingerprint density at radius 2 is 1.43 bits per heavy atom. The normalized spacial score (nSPS) is 11.4. The van der Waals surface area contributed by atoms with Gasteiger partial charge in [-0.15, -0.1) is 11.3 Å². The number of benzene rings is 3. The zero-order valence-electron chi connectivity index (χ0n) is 13.3. The molecule has 0 aliphatic heterocycles. The largest absolute Gasteiger partial charge is 0.354 e. The highest BCUT2D eigenvalue weighted by Gasteiger charge is 2.11. The second kappa shape index (κ2) is 5.71. The lowest BCUT2D eigenvalue weighted by Crippen LogP contribution is -1.97. The predicted octanol–water partition coefficient (Wildman–Crippen LogP) is 6.92. The Balaban J connectivity index is 1.87. The molecule has 0 saturated heterocycles. The van der Waals surface area contributed by atoms with Gasteiger partial charge in [-0.05, 0) is 29.7 Å². The van der Waals surface area contributed by atoms with Gasteiger partial charge in [-0.2, -0.15) is 0 Å². The standard InChI is InChI=1S/C21H19NS/c1-14(2)15-8-3-5-11-18(15)22-19-12-7-10-17-16-9-4-6-13-20(16)23-21(17)19/h3-14,22H,1-2H3. The van der Waals surface area contributed by atoms with E-state index in [0.29, 0.717) is 5.92 Å². The minimum absolute atomic E-state index is 0.500. The summed E-state index contributed by atoms with van der Waals surface area (Å²) in [6.45, 7) is 4.47. The topological polar surface area (TPSA) is 12.0 Å². The fourth-order valence-electron chi connectivity index (χ4n) is 3.10. The van der Waals surface area contributed by atoms with E-state index in [0.717, 1.165) is 0 Å². The molecule has 0 amide bonds. The number of anilines is 2. The van der Waals surface area contributed by atoms with Gasteiger partial charge in [0.1, 0.15) is 0 Å². The van der Waals surface area contributed by atoms with Gasteiger partial charge in [0.2, 0.25) is 0 Å². The third-order valence-corrected chi connectivity index (χ3v) is 5.48. The first-order valence-electron chi connectivity index (χ1n) is 8.00. The van der Waals surface area contributed by atoms with Crippen LogP contribution < -0.4 is 5.32 Å². The summed E-state index contributed by atoms with van der Waals surface area (Å²) in [4.78, 5) is 0. The van der Waals surface area contributed by atoms with Crippen LogP contribution in [0.15, 0.2) is 66.7 Å². The van der Waals surface area contributed by atoms with Crippen molar-refractivity contribution < 1.29 is 0 Å². The van der Waals surface area contributed by atoms with E-state index in [1.807, 2.05) is 11.3 Å². The summed E-state index contributed by atoms with van der Waals surface area (Å²) in [6, 6.07) is 23.7. The first-order chi connectivity index (χ1) is 11.2. The van der Waals surface area contributed by atoms with Crippen molar-refractivity contribution in [2.75, 3.05) is 5.32 Å². The van der Waals surface area contributed by atoms with Gasteiger partial charge < -0.3 is 5.32 Å². The Morgan fingerprint density at radius 3 is 2.30 bits per heavy atom. The smallest absolute Gasteiger partial charge is 0.0590 e. The predicted molar refractivity (Wildman–Crippen MR) is 103 cm³/mol. The van der Waals surface area contributed by atoms with E-state index in [1.54, 1.807) is 0 Å². The summed E-state index contributed by atoms with van der Waals surface area (Å²) in [5.74, 6) is 0.500. The quantitative estimate of drug-likeness (QED) is 0.432. The monoisotopic (exact) mass is 317 g/mol. The fraction of sp³-hybridized carbons (Fsp3) is 0.143. The molecule has 0 aliphatic rings. The average molecular weight is 317 g/mol. The van der Waals surface area contributed by atoms with Crippen molar-refractivity contribution in [1.82, 2.24) is 0 Å². The van der Waals surface area contributed by atoms with E-state index < -0.39 is 0 Å². The van der Waals surface area contributed by atoms with Gasteiger partial charge in [0, 0.05) is 21.2 Å². The first kappa shape index (κ1) is 14.3. The Morgan fingerprint density at radius 1 is 0.739 bits per heavy atom. The molecule has 114 valence electrons. The molecule has 23 heavy (non-hydrogen) atoms. The zero-order valence-corrected chi connectivity index (χ0v) is 14.2. The summed E-state index contributed by atoms with van der Waals surface area (Å²) in [5.41, 5.74) is 3.75. The second-order valence-electron chi connectivity index (χ2n) is 6.15. The molecule has 0 radical (unpaired) electrons. The van der Waals surface area contributed by atoms with Gasteiger partial charge in [-0.25, -0.2) is 0 Å². The molecule has 1 heterocycles. The van der Waals surface area contributed by atoms with Crippen LogP contribution in [0.4, 0.5) is 11.4 Å². The molecular formula is C21H19NS. The third kappa shape index (κ3) is 2.49. The van der Waals surface area contributed by atoms with Crippen LogP contribution in [-0.4, -0.2) is 0 Å². The van der Waals surface area contributed by atoms with Crippen molar-refractivity contribution in [3.05, 3.63) is 72.3 Å². The molecule has 0 spiro atoms. The summed E-state index contributed by atoms with van der Waals surface area (Å²) in [5, 5.41) is 6.34. The summed E-state index contributed by atoms with van der Waals surface area (Å²) in [6.07, 6.45) is 0. The molecule has 4 aromatic rings. The number of nitrogens with one attached hydrogen (secondary N) is 1. The lowest BCUT2D eigenvalue weighted by molar-refractivity contribution is 0.869. The second-order valence-corrected chi connectivity index (χ2v) is 7.20. The lowest BCUT2D eigenvalue weighted by Gasteiger charge is -2.15. The molecule has 0 fully saturated rings. The number of rotatable bonds is 3. The Bertz CT molecular complexity index is 981. The summed E-state index contributed by atoms with van der Waals surface area (Å²) in [7, 11) is 0. The minimum Gasteiger partial charge on any atom is -0.354 e. The number of thiophene rings is 1. The molecule has 1 nitrogen and oxygen atoms in total. The maximum Gasteiger partial charge on any atom is 0.0590 e. The van der Waals surface area contributed by atoms with Gasteiger partial charge in [0.15, 0.2) is 0 Å². The SMILES string of the molecule is CC(C)c1ccccc1Nc1cccc2c1sc1ccccc12. The Labute approximate surface area is 140 Å². The lowest BCUT2D eigenvalue weighted by atomic mass is 10.0. The maximum absolute atomic E-state index is 3.67. The van der Waals surface area contributed by atoms with Crippen molar-refractivity contribution in [3.8, 4) is 0 Å². The van der Waals surface area contributed by atoms with Crippen molar-refractivity contribution in [2.45, 2.75) is 19.8 Å². The van der Waals surface area contributed by atoms with E-state index >= 15 is 0 Å². The third-order valence-electron chi connectivity index (χ3n) is 4.26. The van der Waals surface area contributed by atoms with Crippen molar-refractivity contribution >= 4 is 42.9 Å². The number of hydrogen-bond acceptors (Lipinski definition) is 2. The fourth-order valence-corrected chi connectivity index (χ4v) is 4.28. The zero-order chi connectivity index (χ0) is 15.8. The number of para-hydroxylation sites is 1. The molecule has 1 N–H and O–H groups in total. The molecule has 2 heteroatoms. The van der Waals surface area contributed by atoms with E-state index in [-0.39, 0.29) is 0 Å². The van der Waals surface area contributed by atoms with Gasteiger partial charge in [0.25, 0.3) is 0 Å². The van der Waals surface area contributed by atoms with Gasteiger partial charge >= 0.3 is 0 Å². The van der Waals surface area contributed by atoms with Crippen LogP contribution in [0.2, 0.25) is 0 Å². The minimum atomic E-state index is 0.500. The summed E-state index contributed by atoms with van der Waals surface area (Å²) < 4.78 is 2.67. The van der Waals surface area contributed by atoms with Crippen molar-refractivity contribution in [1.29, 1.82) is 0 Å². The molecule has 4 rings (SSSR count). The van der Waals surface area contributed by atoms with Gasteiger partial charge in [0.05, 0.1) is 10.4 Å². The first-order valence-corrected chi connectivity index (χ1v) is 8.82. The molecule has 1 aromatic heterocycles. The molecule has 3 aromatic carbocycles. The molecule has 0 bridgehead atoms. The number of fused-ring (bicyclic) bond motifs is 3. The highest BCUT2D eigenvalue weighted by molar-refractivity contribution is 7.26. The van der Waals surface area contributed by atoms with Crippen LogP contribution >= 0.6 is 11.3 Å². The number of hydrogen-bond donors (Lipinski definition) is 1. The average Bonchev–Trinajstić information content (AvgIpc) is 2.95. The van der Waals surface area contributed by atoms with Gasteiger partial charge in [-0.1, -0.05) is 62.4 Å². The molecule has 0 aliphatic carbocycles. The van der Waals surface area contributed by atoms with E-state index in [4.69, 9.17) is 0 Å². The van der Waals surface area contributed by atoms with Gasteiger partial charge in [-0.3, -0.25) is 0 Å². The van der Waals surface area contributed by atoms with E-state index in [9.17, 15) is 0 Å². The van der Waals surface area contributed by atoms with E-state index in [2.05, 4.69) is 85.9 Å². The maximum atomic E-state index is 3.67. The molecular weight excluding hydrogens is 298 g/mol. The molecule has 0 atom stereocenters. The van der Waals surface area contributed by atoms with E-state index in [1.165, 1.54) is 37.1 Å². The molecule has 0 saturated carbocycles. The van der Waals surface area contributed by atoms with Crippen LogP contribution in [0.3, 0.4) is 0 Å². The van der Waals surface area contributed by atoms with Crippen LogP contribution in [0.5, 0.6) is 0 Å².